The van der Waals surface area contributed by atoms with Gasteiger partial charge in [0, 0.05) is 29.6 Å². The number of benzene rings is 1. The number of nitrogens with one attached hydrogen (secondary N) is 1. The Morgan fingerprint density at radius 2 is 2.13 bits per heavy atom. The third-order valence-electron chi connectivity index (χ3n) is 3.16. The lowest BCUT2D eigenvalue weighted by molar-refractivity contribution is 0.176. The summed E-state index contributed by atoms with van der Waals surface area (Å²) in [5.41, 5.74) is 1.36. The zero-order valence-corrected chi connectivity index (χ0v) is 10.8. The number of hydrogen-bond donors (Lipinski definition) is 1. The average Bonchev–Trinajstić information content (AvgIpc) is 2.23. The van der Waals surface area contributed by atoms with Gasteiger partial charge in [-0.05, 0) is 25.6 Å². The number of hydrogen-bond acceptors (Lipinski definition) is 2. The van der Waals surface area contributed by atoms with E-state index in [0.717, 1.165) is 13.1 Å². The minimum Gasteiger partial charge on any atom is -0.307 e. The van der Waals surface area contributed by atoms with Crippen LogP contribution in [-0.4, -0.2) is 31.1 Å². The van der Waals surface area contributed by atoms with Gasteiger partial charge in [-0.2, -0.15) is 0 Å². The third-order valence-corrected chi connectivity index (χ3v) is 3.89. The number of nitrogens with zero attached hydrogens (tertiary/aromatic N) is 1. The molecular formula is C12H17BrN2. The Kier molecular flexibility index (Phi) is 3.44. The highest BCUT2D eigenvalue weighted by atomic mass is 79.9. The monoisotopic (exact) mass is 268 g/mol. The van der Waals surface area contributed by atoms with Gasteiger partial charge in [0.15, 0.2) is 0 Å². The van der Waals surface area contributed by atoms with Crippen molar-refractivity contribution in [3.8, 4) is 0 Å². The topological polar surface area (TPSA) is 15.3 Å². The van der Waals surface area contributed by atoms with Gasteiger partial charge >= 0.3 is 0 Å². The molecule has 1 fully saturated rings. The van der Waals surface area contributed by atoms with Crippen molar-refractivity contribution >= 4 is 15.9 Å². The van der Waals surface area contributed by atoms with Crippen LogP contribution in [-0.2, 0) is 0 Å². The molecule has 1 saturated heterocycles. The molecule has 2 atom stereocenters. The van der Waals surface area contributed by atoms with Gasteiger partial charge in [0.05, 0.1) is 0 Å². The molecule has 15 heavy (non-hydrogen) atoms. The zero-order chi connectivity index (χ0) is 10.8. The molecule has 0 bridgehead atoms. The number of rotatable bonds is 1. The minimum atomic E-state index is 0.446. The predicted molar refractivity (Wildman–Crippen MR) is 67.0 cm³/mol. The molecule has 1 heterocycles. The van der Waals surface area contributed by atoms with Crippen molar-refractivity contribution in [1.82, 2.24) is 10.2 Å². The van der Waals surface area contributed by atoms with Crippen LogP contribution in [0.5, 0.6) is 0 Å². The maximum Gasteiger partial charge on any atom is 0.0461 e. The van der Waals surface area contributed by atoms with Crippen LogP contribution in [0.3, 0.4) is 0 Å². The van der Waals surface area contributed by atoms with Crippen LogP contribution in [0, 0.1) is 0 Å². The quantitative estimate of drug-likeness (QED) is 0.842. The van der Waals surface area contributed by atoms with E-state index in [9.17, 15) is 0 Å². The molecule has 0 radical (unpaired) electrons. The fourth-order valence-corrected chi connectivity index (χ4v) is 2.53. The first kappa shape index (κ1) is 11.1. The first-order valence-corrected chi connectivity index (χ1v) is 6.16. The van der Waals surface area contributed by atoms with Gasteiger partial charge in [-0.25, -0.2) is 0 Å². The van der Waals surface area contributed by atoms with Crippen molar-refractivity contribution in [2.75, 3.05) is 20.1 Å². The summed E-state index contributed by atoms with van der Waals surface area (Å²) in [6.07, 6.45) is 0. The Morgan fingerprint density at radius 3 is 2.80 bits per heavy atom. The third kappa shape index (κ3) is 2.41. The van der Waals surface area contributed by atoms with Gasteiger partial charge < -0.3 is 10.2 Å². The molecule has 1 aromatic carbocycles. The number of likely N-dealkylation sites (N-methyl/N-ethyl adjacent to an activating group) is 1. The molecule has 1 N–H and O–H groups in total. The van der Waals surface area contributed by atoms with E-state index in [2.05, 4.69) is 64.4 Å². The smallest absolute Gasteiger partial charge is 0.0461 e. The number of halogens is 1. The van der Waals surface area contributed by atoms with Crippen molar-refractivity contribution < 1.29 is 0 Å². The van der Waals surface area contributed by atoms with Gasteiger partial charge in [-0.15, -0.1) is 0 Å². The van der Waals surface area contributed by atoms with Crippen molar-refractivity contribution in [3.05, 3.63) is 34.3 Å². The van der Waals surface area contributed by atoms with Crippen molar-refractivity contribution in [2.24, 2.45) is 0 Å². The number of piperazine rings is 1. The molecular weight excluding hydrogens is 252 g/mol. The van der Waals surface area contributed by atoms with Gasteiger partial charge in [-0.1, -0.05) is 34.1 Å². The minimum absolute atomic E-state index is 0.446. The van der Waals surface area contributed by atoms with Gasteiger partial charge in [0.2, 0.25) is 0 Å². The zero-order valence-electron chi connectivity index (χ0n) is 9.20. The van der Waals surface area contributed by atoms with Crippen LogP contribution in [0.25, 0.3) is 0 Å². The second-order valence-corrected chi connectivity index (χ2v) is 5.13. The summed E-state index contributed by atoms with van der Waals surface area (Å²) in [6.45, 7) is 4.38. The first-order chi connectivity index (χ1) is 7.18. The summed E-state index contributed by atoms with van der Waals surface area (Å²) in [7, 11) is 2.19. The second-order valence-electron chi connectivity index (χ2n) is 4.27. The summed E-state index contributed by atoms with van der Waals surface area (Å²) < 4.78 is 1.20. The second kappa shape index (κ2) is 4.64. The Bertz CT molecular complexity index is 340. The molecule has 2 unspecified atom stereocenters. The Balaban J connectivity index is 2.15. The van der Waals surface area contributed by atoms with E-state index >= 15 is 0 Å². The molecule has 3 heteroatoms. The van der Waals surface area contributed by atoms with Crippen LogP contribution in [0.1, 0.15) is 18.5 Å². The van der Waals surface area contributed by atoms with Crippen molar-refractivity contribution in [3.63, 3.8) is 0 Å². The van der Waals surface area contributed by atoms with Crippen LogP contribution < -0.4 is 5.32 Å². The van der Waals surface area contributed by atoms with Gasteiger partial charge in [0.25, 0.3) is 0 Å². The molecule has 0 aromatic heterocycles. The molecule has 1 aliphatic rings. The molecule has 2 nitrogen and oxygen atoms in total. The Hall–Kier alpha value is -0.380. The van der Waals surface area contributed by atoms with Crippen molar-refractivity contribution in [1.29, 1.82) is 0 Å². The van der Waals surface area contributed by atoms with E-state index in [4.69, 9.17) is 0 Å². The Labute approximate surface area is 99.8 Å². The highest BCUT2D eigenvalue weighted by molar-refractivity contribution is 9.10. The average molecular weight is 269 g/mol. The molecule has 0 amide bonds. The molecule has 2 rings (SSSR count). The summed E-state index contributed by atoms with van der Waals surface area (Å²) in [6, 6.07) is 9.52. The Morgan fingerprint density at radius 1 is 1.40 bits per heavy atom. The van der Waals surface area contributed by atoms with Crippen LogP contribution >= 0.6 is 15.9 Å². The van der Waals surface area contributed by atoms with E-state index in [1.165, 1.54) is 10.0 Å². The highest BCUT2D eigenvalue weighted by Gasteiger charge is 2.23. The van der Waals surface area contributed by atoms with Crippen LogP contribution in [0.4, 0.5) is 0 Å². The van der Waals surface area contributed by atoms with Gasteiger partial charge in [-0.3, -0.25) is 0 Å². The summed E-state index contributed by atoms with van der Waals surface area (Å²) in [5.74, 6) is 0. The van der Waals surface area contributed by atoms with E-state index < -0.39 is 0 Å². The fourth-order valence-electron chi connectivity index (χ4n) is 1.97. The van der Waals surface area contributed by atoms with Crippen LogP contribution in [0.15, 0.2) is 28.7 Å². The molecule has 1 aromatic rings. The predicted octanol–water partition coefficient (Wildman–Crippen LogP) is 2.41. The summed E-state index contributed by atoms with van der Waals surface area (Å²) >= 11 is 3.61. The van der Waals surface area contributed by atoms with Crippen molar-refractivity contribution in [2.45, 2.75) is 19.0 Å². The lowest BCUT2D eigenvalue weighted by atomic mass is 10.0. The van der Waals surface area contributed by atoms with E-state index in [1.54, 1.807) is 0 Å². The van der Waals surface area contributed by atoms with Crippen LogP contribution in [0.2, 0.25) is 0 Å². The largest absolute Gasteiger partial charge is 0.307 e. The lowest BCUT2D eigenvalue weighted by Crippen LogP contribution is -2.49. The SMILES string of the molecule is CC1CNC(c2ccccc2Br)CN1C. The summed E-state index contributed by atoms with van der Waals surface area (Å²) in [4.78, 5) is 2.40. The normalized spacial score (nSPS) is 27.9. The molecule has 0 aliphatic carbocycles. The van der Waals surface area contributed by atoms with E-state index in [-0.39, 0.29) is 0 Å². The standard InChI is InChI=1S/C12H17BrN2/c1-9-7-14-12(8-15(9)2)10-5-3-4-6-11(10)13/h3-6,9,12,14H,7-8H2,1-2H3. The maximum absolute atomic E-state index is 3.61. The fraction of sp³-hybridized carbons (Fsp3) is 0.500. The molecule has 1 aliphatic heterocycles. The highest BCUT2D eigenvalue weighted by Crippen LogP contribution is 2.25. The molecule has 0 spiro atoms. The lowest BCUT2D eigenvalue weighted by Gasteiger charge is -2.36. The van der Waals surface area contributed by atoms with E-state index in [0.29, 0.717) is 12.1 Å². The van der Waals surface area contributed by atoms with Gasteiger partial charge in [0.1, 0.15) is 0 Å². The maximum atomic E-state index is 3.61. The van der Waals surface area contributed by atoms with E-state index in [1.807, 2.05) is 0 Å². The summed E-state index contributed by atoms with van der Waals surface area (Å²) in [5, 5.41) is 3.58. The molecule has 82 valence electrons. The first-order valence-electron chi connectivity index (χ1n) is 5.36. The molecule has 0 saturated carbocycles.